The fraction of sp³-hybridized carbons (Fsp3) is 0.938. The molecule has 2 N–H and O–H groups in total. The molecule has 0 spiro atoms. The minimum atomic E-state index is 0.0210. The molecule has 2 aliphatic rings. The molecule has 0 aromatic heterocycles. The van der Waals surface area contributed by atoms with Crippen LogP contribution in [0.2, 0.25) is 0 Å². The number of unbranched alkanes of at least 4 members (excludes halogenated alkanes) is 1. The molecular formula is C16H31N3O. The zero-order valence-electron chi connectivity index (χ0n) is 13.0. The lowest BCUT2D eigenvalue weighted by atomic mass is 10.0. The van der Waals surface area contributed by atoms with E-state index >= 15 is 0 Å². The van der Waals surface area contributed by atoms with Gasteiger partial charge in [-0.3, -0.25) is 0 Å². The number of rotatable bonds is 6. The molecular weight excluding hydrogens is 250 g/mol. The van der Waals surface area contributed by atoms with Gasteiger partial charge < -0.3 is 15.5 Å². The Hall–Kier alpha value is -0.770. The van der Waals surface area contributed by atoms with Crippen molar-refractivity contribution < 1.29 is 4.79 Å². The summed E-state index contributed by atoms with van der Waals surface area (Å²) in [5.41, 5.74) is 0. The van der Waals surface area contributed by atoms with Crippen molar-refractivity contribution in [3.8, 4) is 0 Å². The second kappa shape index (κ2) is 8.50. The second-order valence-corrected chi connectivity index (χ2v) is 6.48. The highest BCUT2D eigenvalue weighted by Crippen LogP contribution is 2.26. The maximum absolute atomic E-state index is 11.7. The molecule has 1 heterocycles. The first-order chi connectivity index (χ1) is 9.78. The SMILES string of the molecule is CCCCNC(=O)NC1CCN(CC2CCCC2)CC1. The topological polar surface area (TPSA) is 44.4 Å². The van der Waals surface area contributed by atoms with E-state index < -0.39 is 0 Å². The van der Waals surface area contributed by atoms with Gasteiger partial charge in [-0.25, -0.2) is 4.79 Å². The van der Waals surface area contributed by atoms with Crippen LogP contribution in [-0.2, 0) is 0 Å². The molecule has 0 aromatic carbocycles. The number of hydrogen-bond acceptors (Lipinski definition) is 2. The van der Waals surface area contributed by atoms with Gasteiger partial charge in [-0.15, -0.1) is 0 Å². The van der Waals surface area contributed by atoms with Crippen molar-refractivity contribution in [3.63, 3.8) is 0 Å². The third-order valence-electron chi connectivity index (χ3n) is 4.73. The van der Waals surface area contributed by atoms with Crippen LogP contribution in [0, 0.1) is 5.92 Å². The van der Waals surface area contributed by atoms with Crippen molar-refractivity contribution >= 4 is 6.03 Å². The number of nitrogens with zero attached hydrogens (tertiary/aromatic N) is 1. The van der Waals surface area contributed by atoms with Gasteiger partial charge in [0.25, 0.3) is 0 Å². The van der Waals surface area contributed by atoms with Crippen molar-refractivity contribution in [3.05, 3.63) is 0 Å². The Morgan fingerprint density at radius 2 is 1.85 bits per heavy atom. The Bertz CT molecular complexity index is 281. The van der Waals surface area contributed by atoms with E-state index in [4.69, 9.17) is 0 Å². The number of likely N-dealkylation sites (tertiary alicyclic amines) is 1. The molecule has 0 bridgehead atoms. The van der Waals surface area contributed by atoms with E-state index in [1.807, 2.05) is 0 Å². The third kappa shape index (κ3) is 5.31. The van der Waals surface area contributed by atoms with E-state index in [1.165, 1.54) is 32.2 Å². The second-order valence-electron chi connectivity index (χ2n) is 6.48. The summed E-state index contributed by atoms with van der Waals surface area (Å²) in [5, 5.41) is 6.05. The predicted molar refractivity (Wildman–Crippen MR) is 82.9 cm³/mol. The highest BCUT2D eigenvalue weighted by Gasteiger charge is 2.24. The molecule has 116 valence electrons. The molecule has 1 saturated carbocycles. The van der Waals surface area contributed by atoms with E-state index in [2.05, 4.69) is 22.5 Å². The highest BCUT2D eigenvalue weighted by atomic mass is 16.2. The monoisotopic (exact) mass is 281 g/mol. The summed E-state index contributed by atoms with van der Waals surface area (Å²) < 4.78 is 0. The molecule has 4 nitrogen and oxygen atoms in total. The number of amides is 2. The fourth-order valence-corrected chi connectivity index (χ4v) is 3.43. The zero-order chi connectivity index (χ0) is 14.2. The number of hydrogen-bond donors (Lipinski definition) is 2. The summed E-state index contributed by atoms with van der Waals surface area (Å²) in [6, 6.07) is 0.393. The molecule has 0 atom stereocenters. The van der Waals surface area contributed by atoms with Crippen molar-refractivity contribution in [2.75, 3.05) is 26.2 Å². The Morgan fingerprint density at radius 1 is 1.15 bits per heavy atom. The van der Waals surface area contributed by atoms with Crippen molar-refractivity contribution in [2.24, 2.45) is 5.92 Å². The Labute approximate surface area is 123 Å². The van der Waals surface area contributed by atoms with Crippen LogP contribution in [0.1, 0.15) is 58.3 Å². The molecule has 0 aromatic rings. The first kappa shape index (κ1) is 15.6. The van der Waals surface area contributed by atoms with Crippen LogP contribution in [-0.4, -0.2) is 43.2 Å². The van der Waals surface area contributed by atoms with Crippen molar-refractivity contribution in [1.82, 2.24) is 15.5 Å². The molecule has 1 saturated heterocycles. The summed E-state index contributed by atoms with van der Waals surface area (Å²) in [7, 11) is 0. The highest BCUT2D eigenvalue weighted by molar-refractivity contribution is 5.74. The quantitative estimate of drug-likeness (QED) is 0.735. The average molecular weight is 281 g/mol. The Morgan fingerprint density at radius 3 is 2.50 bits per heavy atom. The van der Waals surface area contributed by atoms with Gasteiger partial charge in [0, 0.05) is 32.2 Å². The van der Waals surface area contributed by atoms with Gasteiger partial charge in [0.2, 0.25) is 0 Å². The Kier molecular flexibility index (Phi) is 6.64. The number of carbonyl (C=O) groups excluding carboxylic acids is 1. The van der Waals surface area contributed by atoms with Crippen LogP contribution in [0.5, 0.6) is 0 Å². The molecule has 1 aliphatic heterocycles. The molecule has 4 heteroatoms. The maximum atomic E-state index is 11.7. The van der Waals surface area contributed by atoms with Crippen LogP contribution in [0.4, 0.5) is 4.79 Å². The molecule has 0 unspecified atom stereocenters. The smallest absolute Gasteiger partial charge is 0.315 e. The molecule has 20 heavy (non-hydrogen) atoms. The Balaban J connectivity index is 1.57. The van der Waals surface area contributed by atoms with Gasteiger partial charge in [-0.2, -0.15) is 0 Å². The van der Waals surface area contributed by atoms with Crippen LogP contribution in [0.3, 0.4) is 0 Å². The van der Waals surface area contributed by atoms with Crippen LogP contribution in [0.15, 0.2) is 0 Å². The zero-order valence-corrected chi connectivity index (χ0v) is 13.0. The van der Waals surface area contributed by atoms with Gasteiger partial charge in [0.1, 0.15) is 0 Å². The predicted octanol–water partition coefficient (Wildman–Crippen LogP) is 2.74. The first-order valence-corrected chi connectivity index (χ1v) is 8.54. The number of nitrogens with one attached hydrogen (secondary N) is 2. The van der Waals surface area contributed by atoms with Crippen molar-refractivity contribution in [1.29, 1.82) is 0 Å². The third-order valence-corrected chi connectivity index (χ3v) is 4.73. The van der Waals surface area contributed by atoms with Crippen LogP contribution >= 0.6 is 0 Å². The minimum Gasteiger partial charge on any atom is -0.338 e. The van der Waals surface area contributed by atoms with Gasteiger partial charge in [-0.05, 0) is 38.0 Å². The number of urea groups is 1. The molecule has 1 aliphatic carbocycles. The maximum Gasteiger partial charge on any atom is 0.315 e. The van der Waals surface area contributed by atoms with E-state index in [9.17, 15) is 4.79 Å². The van der Waals surface area contributed by atoms with Crippen LogP contribution < -0.4 is 10.6 Å². The average Bonchev–Trinajstić information content (AvgIpc) is 2.94. The summed E-state index contributed by atoms with van der Waals surface area (Å²) >= 11 is 0. The van der Waals surface area contributed by atoms with Gasteiger partial charge in [0.15, 0.2) is 0 Å². The number of piperidine rings is 1. The van der Waals surface area contributed by atoms with E-state index in [0.717, 1.165) is 51.2 Å². The lowest BCUT2D eigenvalue weighted by molar-refractivity contribution is 0.171. The van der Waals surface area contributed by atoms with E-state index in [0.29, 0.717) is 6.04 Å². The summed E-state index contributed by atoms with van der Waals surface area (Å²) in [4.78, 5) is 14.3. The molecule has 0 radical (unpaired) electrons. The largest absolute Gasteiger partial charge is 0.338 e. The first-order valence-electron chi connectivity index (χ1n) is 8.54. The van der Waals surface area contributed by atoms with E-state index in [1.54, 1.807) is 0 Å². The molecule has 2 fully saturated rings. The lowest BCUT2D eigenvalue weighted by Gasteiger charge is -2.33. The van der Waals surface area contributed by atoms with Crippen molar-refractivity contribution in [2.45, 2.75) is 64.3 Å². The standard InChI is InChI=1S/C16H31N3O/c1-2-3-10-17-16(20)18-15-8-11-19(12-9-15)13-14-6-4-5-7-14/h14-15H,2-13H2,1H3,(H2,17,18,20). The molecule has 2 amide bonds. The normalized spacial score (nSPS) is 22.1. The van der Waals surface area contributed by atoms with Gasteiger partial charge in [-0.1, -0.05) is 26.2 Å². The van der Waals surface area contributed by atoms with E-state index in [-0.39, 0.29) is 6.03 Å². The van der Waals surface area contributed by atoms with Gasteiger partial charge in [0.05, 0.1) is 0 Å². The summed E-state index contributed by atoms with van der Waals surface area (Å²) in [5.74, 6) is 0.942. The number of carbonyl (C=O) groups is 1. The minimum absolute atomic E-state index is 0.0210. The summed E-state index contributed by atoms with van der Waals surface area (Å²) in [6.07, 6.45) is 10.1. The van der Waals surface area contributed by atoms with Crippen LogP contribution in [0.25, 0.3) is 0 Å². The summed E-state index contributed by atoms with van der Waals surface area (Å²) in [6.45, 7) is 6.52. The lowest BCUT2D eigenvalue weighted by Crippen LogP contribution is -2.48. The fourth-order valence-electron chi connectivity index (χ4n) is 3.43. The van der Waals surface area contributed by atoms with Gasteiger partial charge >= 0.3 is 6.03 Å². The molecule has 2 rings (SSSR count).